The van der Waals surface area contributed by atoms with E-state index in [0.717, 1.165) is 37.4 Å². The molecule has 0 aliphatic carbocycles. The van der Waals surface area contributed by atoms with Crippen LogP contribution in [0.3, 0.4) is 0 Å². The van der Waals surface area contributed by atoms with E-state index >= 15 is 0 Å². The van der Waals surface area contributed by atoms with Crippen molar-refractivity contribution in [2.45, 2.75) is 25.3 Å². The van der Waals surface area contributed by atoms with E-state index < -0.39 is 0 Å². The second-order valence-corrected chi connectivity index (χ2v) is 4.45. The van der Waals surface area contributed by atoms with Gasteiger partial charge >= 0.3 is 0 Å². The molecule has 1 N–H and O–H groups in total. The summed E-state index contributed by atoms with van der Waals surface area (Å²) in [6.07, 6.45) is 7.95. The van der Waals surface area contributed by atoms with Crippen molar-refractivity contribution in [2.24, 2.45) is 0 Å². The van der Waals surface area contributed by atoms with Crippen LogP contribution in [0.15, 0.2) is 18.7 Å². The molecule has 0 bridgehead atoms. The average molecular weight is 255 g/mol. The molecule has 7 nitrogen and oxygen atoms in total. The first-order valence-electron chi connectivity index (χ1n) is 6.22. The minimum atomic E-state index is 0.151. The summed E-state index contributed by atoms with van der Waals surface area (Å²) in [5.74, 6) is 1.63. The van der Waals surface area contributed by atoms with Gasteiger partial charge in [0.25, 0.3) is 0 Å². The predicted octanol–water partition coefficient (Wildman–Crippen LogP) is 1.20. The first-order chi connectivity index (χ1) is 9.38. The highest BCUT2D eigenvalue weighted by Gasteiger charge is 2.27. The molecule has 19 heavy (non-hydrogen) atoms. The molecule has 2 aromatic rings. The highest BCUT2D eigenvalue weighted by molar-refractivity contribution is 5.40. The highest BCUT2D eigenvalue weighted by atomic mass is 15.3. The molecular formula is C12H13N7. The summed E-state index contributed by atoms with van der Waals surface area (Å²) >= 11 is 0. The Kier molecular flexibility index (Phi) is 3.06. The predicted molar refractivity (Wildman–Crippen MR) is 67.1 cm³/mol. The zero-order valence-corrected chi connectivity index (χ0v) is 10.3. The van der Waals surface area contributed by atoms with Crippen molar-refractivity contribution in [3.8, 4) is 6.07 Å². The van der Waals surface area contributed by atoms with Gasteiger partial charge in [-0.1, -0.05) is 0 Å². The molecule has 0 spiro atoms. The van der Waals surface area contributed by atoms with Gasteiger partial charge in [0, 0.05) is 6.54 Å². The van der Waals surface area contributed by atoms with E-state index in [0.29, 0.717) is 5.69 Å². The van der Waals surface area contributed by atoms with E-state index in [1.807, 2.05) is 6.07 Å². The van der Waals surface area contributed by atoms with Gasteiger partial charge in [-0.3, -0.25) is 5.10 Å². The van der Waals surface area contributed by atoms with Crippen LogP contribution >= 0.6 is 0 Å². The van der Waals surface area contributed by atoms with Crippen LogP contribution in [0.4, 0.5) is 5.82 Å². The summed E-state index contributed by atoms with van der Waals surface area (Å²) in [4.78, 5) is 14.8. The van der Waals surface area contributed by atoms with Gasteiger partial charge in [0.15, 0.2) is 5.69 Å². The fraction of sp³-hybridized carbons (Fsp3) is 0.417. The SMILES string of the molecule is N#Cc1cnc(N2CCCCC2c2ncn[nH]2)cn1. The summed E-state index contributed by atoms with van der Waals surface area (Å²) in [5.41, 5.74) is 0.331. The van der Waals surface area contributed by atoms with Crippen molar-refractivity contribution in [1.29, 1.82) is 5.26 Å². The third kappa shape index (κ3) is 2.25. The van der Waals surface area contributed by atoms with E-state index in [-0.39, 0.29) is 6.04 Å². The molecule has 1 unspecified atom stereocenters. The Balaban J connectivity index is 1.89. The van der Waals surface area contributed by atoms with Crippen molar-refractivity contribution >= 4 is 5.82 Å². The number of rotatable bonds is 2. The summed E-state index contributed by atoms with van der Waals surface area (Å²) in [6, 6.07) is 2.13. The normalized spacial score (nSPS) is 19.1. The number of anilines is 1. The molecule has 2 aromatic heterocycles. The van der Waals surface area contributed by atoms with E-state index in [1.165, 1.54) is 12.5 Å². The van der Waals surface area contributed by atoms with Gasteiger partial charge in [-0.2, -0.15) is 10.4 Å². The highest BCUT2D eigenvalue weighted by Crippen LogP contribution is 2.31. The van der Waals surface area contributed by atoms with Gasteiger partial charge in [0.2, 0.25) is 0 Å². The average Bonchev–Trinajstić information content (AvgIpc) is 3.01. The molecular weight excluding hydrogens is 242 g/mol. The molecule has 3 heterocycles. The minimum Gasteiger partial charge on any atom is -0.345 e. The Bertz CT molecular complexity index is 569. The fourth-order valence-corrected chi connectivity index (χ4v) is 2.39. The van der Waals surface area contributed by atoms with Crippen LogP contribution in [0.2, 0.25) is 0 Å². The van der Waals surface area contributed by atoms with Gasteiger partial charge in [-0.15, -0.1) is 0 Å². The van der Waals surface area contributed by atoms with E-state index in [9.17, 15) is 0 Å². The van der Waals surface area contributed by atoms with Crippen LogP contribution in [-0.2, 0) is 0 Å². The number of nitrogens with zero attached hydrogens (tertiary/aromatic N) is 6. The third-order valence-electron chi connectivity index (χ3n) is 3.30. The molecule has 0 radical (unpaired) electrons. The second-order valence-electron chi connectivity index (χ2n) is 4.45. The Labute approximate surface area is 110 Å². The van der Waals surface area contributed by atoms with Crippen molar-refractivity contribution in [3.63, 3.8) is 0 Å². The molecule has 1 saturated heterocycles. The smallest absolute Gasteiger partial charge is 0.158 e. The van der Waals surface area contributed by atoms with Crippen molar-refractivity contribution in [1.82, 2.24) is 25.1 Å². The number of hydrogen-bond donors (Lipinski definition) is 1. The maximum Gasteiger partial charge on any atom is 0.158 e. The Morgan fingerprint density at radius 2 is 2.21 bits per heavy atom. The van der Waals surface area contributed by atoms with Crippen LogP contribution in [0.5, 0.6) is 0 Å². The topological polar surface area (TPSA) is 94.4 Å². The number of nitriles is 1. The summed E-state index contributed by atoms with van der Waals surface area (Å²) < 4.78 is 0. The van der Waals surface area contributed by atoms with Crippen LogP contribution in [0.25, 0.3) is 0 Å². The summed E-state index contributed by atoms with van der Waals surface area (Å²) in [5, 5.41) is 15.6. The first kappa shape index (κ1) is 11.6. The number of H-pyrrole nitrogens is 1. The van der Waals surface area contributed by atoms with Crippen molar-refractivity contribution < 1.29 is 0 Å². The van der Waals surface area contributed by atoms with Gasteiger partial charge in [-0.05, 0) is 19.3 Å². The fourth-order valence-electron chi connectivity index (χ4n) is 2.39. The standard InChI is InChI=1S/C12H13N7/c13-5-9-6-15-11(7-14-9)19-4-2-1-3-10(19)12-16-8-17-18-12/h6-8,10H,1-4H2,(H,16,17,18). The largest absolute Gasteiger partial charge is 0.345 e. The third-order valence-corrected chi connectivity index (χ3v) is 3.30. The Hall–Kier alpha value is -2.49. The van der Waals surface area contributed by atoms with Crippen LogP contribution in [-0.4, -0.2) is 31.7 Å². The van der Waals surface area contributed by atoms with Gasteiger partial charge in [0.1, 0.15) is 24.0 Å². The van der Waals surface area contributed by atoms with Gasteiger partial charge in [-0.25, -0.2) is 15.0 Å². The van der Waals surface area contributed by atoms with Crippen LogP contribution in [0.1, 0.15) is 36.8 Å². The monoisotopic (exact) mass is 255 g/mol. The lowest BCUT2D eigenvalue weighted by Crippen LogP contribution is -2.34. The van der Waals surface area contributed by atoms with Gasteiger partial charge in [0.05, 0.1) is 18.4 Å². The zero-order valence-electron chi connectivity index (χ0n) is 10.3. The van der Waals surface area contributed by atoms with E-state index in [2.05, 4.69) is 30.0 Å². The molecule has 0 amide bonds. The number of aromatic amines is 1. The molecule has 1 fully saturated rings. The van der Waals surface area contributed by atoms with E-state index in [1.54, 1.807) is 6.20 Å². The summed E-state index contributed by atoms with van der Waals surface area (Å²) in [7, 11) is 0. The molecule has 0 aromatic carbocycles. The number of nitrogens with one attached hydrogen (secondary N) is 1. The van der Waals surface area contributed by atoms with E-state index in [4.69, 9.17) is 5.26 Å². The first-order valence-corrected chi connectivity index (χ1v) is 6.22. The molecule has 3 rings (SSSR count). The number of piperidine rings is 1. The lowest BCUT2D eigenvalue weighted by Gasteiger charge is -2.34. The molecule has 7 heteroatoms. The van der Waals surface area contributed by atoms with Crippen molar-refractivity contribution in [3.05, 3.63) is 30.2 Å². The maximum absolute atomic E-state index is 8.75. The van der Waals surface area contributed by atoms with Gasteiger partial charge < -0.3 is 4.90 Å². The second kappa shape index (κ2) is 5.02. The number of hydrogen-bond acceptors (Lipinski definition) is 6. The Morgan fingerprint density at radius 3 is 2.89 bits per heavy atom. The molecule has 1 aliphatic rings. The molecule has 0 saturated carbocycles. The summed E-state index contributed by atoms with van der Waals surface area (Å²) in [6.45, 7) is 0.909. The molecule has 1 atom stereocenters. The van der Waals surface area contributed by atoms with Crippen LogP contribution < -0.4 is 4.90 Å². The molecule has 1 aliphatic heterocycles. The zero-order chi connectivity index (χ0) is 13.1. The quantitative estimate of drug-likeness (QED) is 0.866. The molecule has 96 valence electrons. The van der Waals surface area contributed by atoms with Crippen LogP contribution in [0, 0.1) is 11.3 Å². The minimum absolute atomic E-state index is 0.151. The number of aromatic nitrogens is 5. The van der Waals surface area contributed by atoms with Crippen molar-refractivity contribution in [2.75, 3.05) is 11.4 Å². The lowest BCUT2D eigenvalue weighted by molar-refractivity contribution is 0.453. The Morgan fingerprint density at radius 1 is 1.26 bits per heavy atom. The lowest BCUT2D eigenvalue weighted by atomic mass is 10.0. The maximum atomic E-state index is 8.75.